The zero-order valence-electron chi connectivity index (χ0n) is 22.7. The monoisotopic (exact) mass is 506 g/mol. The van der Waals surface area contributed by atoms with Gasteiger partial charge in [-0.2, -0.15) is 0 Å². The second-order valence-electron chi connectivity index (χ2n) is 10.6. The Morgan fingerprint density at radius 3 is 2.54 bits per heavy atom. The number of rotatable bonds is 6. The summed E-state index contributed by atoms with van der Waals surface area (Å²) in [5, 5.41) is 8.27. The Balaban J connectivity index is 1.68. The van der Waals surface area contributed by atoms with E-state index in [1.54, 1.807) is 30.4 Å². The first-order valence-electron chi connectivity index (χ1n) is 12.2. The predicted molar refractivity (Wildman–Crippen MR) is 140 cm³/mol. The molecule has 0 unspecified atom stereocenters. The lowest BCUT2D eigenvalue weighted by atomic mass is 10.1. The van der Waals surface area contributed by atoms with Gasteiger partial charge in [0.1, 0.15) is 29.3 Å². The first kappa shape index (κ1) is 26.1. The SMILES string of the molecule is CC(C)n1cnnc1-c1cccc(N2Cc3c(cc(N(C)C)nc3CN(C)C(=O)OC(C)(C)C)C2=O)n1. The number of carbonyl (C=O) groups is 2. The molecule has 3 aromatic rings. The maximum absolute atomic E-state index is 13.6. The van der Waals surface area contributed by atoms with Gasteiger partial charge in [-0.05, 0) is 52.8 Å². The zero-order chi connectivity index (χ0) is 27.1. The second-order valence-corrected chi connectivity index (χ2v) is 10.6. The minimum atomic E-state index is -0.616. The average Bonchev–Trinajstić information content (AvgIpc) is 3.43. The summed E-state index contributed by atoms with van der Waals surface area (Å²) in [5.74, 6) is 1.61. The number of ether oxygens (including phenoxy) is 1. The zero-order valence-corrected chi connectivity index (χ0v) is 22.7. The normalized spacial score (nSPS) is 13.2. The molecule has 196 valence electrons. The summed E-state index contributed by atoms with van der Waals surface area (Å²) in [6.45, 7) is 10.0. The van der Waals surface area contributed by atoms with E-state index in [2.05, 4.69) is 10.2 Å². The van der Waals surface area contributed by atoms with Crippen LogP contribution < -0.4 is 9.80 Å². The molecule has 0 atom stereocenters. The van der Waals surface area contributed by atoms with E-state index in [-0.39, 0.29) is 18.5 Å². The van der Waals surface area contributed by atoms with Crippen molar-refractivity contribution < 1.29 is 14.3 Å². The molecule has 0 spiro atoms. The van der Waals surface area contributed by atoms with Gasteiger partial charge in [-0.1, -0.05) is 6.07 Å². The van der Waals surface area contributed by atoms with E-state index in [0.717, 1.165) is 5.56 Å². The third kappa shape index (κ3) is 5.40. The number of fused-ring (bicyclic) bond motifs is 1. The van der Waals surface area contributed by atoms with Crippen LogP contribution in [0.4, 0.5) is 16.4 Å². The quantitative estimate of drug-likeness (QED) is 0.495. The smallest absolute Gasteiger partial charge is 0.410 e. The van der Waals surface area contributed by atoms with Crippen LogP contribution in [0.15, 0.2) is 30.6 Å². The molecular weight excluding hydrogens is 472 g/mol. The van der Waals surface area contributed by atoms with Gasteiger partial charge in [-0.25, -0.2) is 14.8 Å². The van der Waals surface area contributed by atoms with Gasteiger partial charge in [-0.3, -0.25) is 9.69 Å². The molecule has 11 nitrogen and oxygen atoms in total. The molecule has 3 aromatic heterocycles. The number of pyridine rings is 2. The molecule has 0 fully saturated rings. The molecule has 0 radical (unpaired) electrons. The molecule has 0 saturated heterocycles. The molecule has 1 aliphatic rings. The van der Waals surface area contributed by atoms with Crippen LogP contribution >= 0.6 is 0 Å². The third-order valence-electron chi connectivity index (χ3n) is 5.91. The van der Waals surface area contributed by atoms with Crippen LogP contribution in [0.5, 0.6) is 0 Å². The van der Waals surface area contributed by atoms with Crippen molar-refractivity contribution in [2.45, 2.75) is 59.4 Å². The fraction of sp³-hybridized carbons (Fsp3) is 0.462. The molecule has 4 heterocycles. The van der Waals surface area contributed by atoms with Gasteiger partial charge >= 0.3 is 6.09 Å². The summed E-state index contributed by atoms with van der Waals surface area (Å²) >= 11 is 0. The molecule has 4 rings (SSSR count). The second kappa shape index (κ2) is 9.79. The Labute approximate surface area is 217 Å². The molecule has 1 aliphatic heterocycles. The van der Waals surface area contributed by atoms with Crippen LogP contribution in [0.3, 0.4) is 0 Å². The van der Waals surface area contributed by atoms with Gasteiger partial charge in [0, 0.05) is 32.7 Å². The van der Waals surface area contributed by atoms with E-state index >= 15 is 0 Å². The third-order valence-corrected chi connectivity index (χ3v) is 5.91. The topological polar surface area (TPSA) is 110 Å². The van der Waals surface area contributed by atoms with Crippen molar-refractivity contribution in [3.8, 4) is 11.5 Å². The van der Waals surface area contributed by atoms with Gasteiger partial charge in [0.2, 0.25) is 0 Å². The number of aromatic nitrogens is 5. The lowest BCUT2D eigenvalue weighted by Gasteiger charge is -2.25. The predicted octanol–water partition coefficient (Wildman–Crippen LogP) is 3.91. The summed E-state index contributed by atoms with van der Waals surface area (Å²) in [4.78, 5) is 40.7. The first-order valence-corrected chi connectivity index (χ1v) is 12.2. The summed E-state index contributed by atoms with van der Waals surface area (Å²) in [6.07, 6.45) is 1.22. The number of amides is 2. The van der Waals surface area contributed by atoms with Gasteiger partial charge in [0.15, 0.2) is 5.82 Å². The Kier molecular flexibility index (Phi) is 6.90. The Morgan fingerprint density at radius 2 is 1.89 bits per heavy atom. The van der Waals surface area contributed by atoms with E-state index in [4.69, 9.17) is 14.7 Å². The standard InChI is InChI=1S/C26H34N8O3/c1-16(2)34-15-27-30-23(34)19-10-9-11-21(28-19)33-13-18-17(24(33)35)12-22(31(6)7)29-20(18)14-32(8)25(36)37-26(3,4)5/h9-12,15-16H,13-14H2,1-8H3. The lowest BCUT2D eigenvalue weighted by molar-refractivity contribution is 0.0282. The van der Waals surface area contributed by atoms with Crippen LogP contribution in [-0.4, -0.2) is 68.4 Å². The Hall–Kier alpha value is -4.02. The number of hydrogen-bond acceptors (Lipinski definition) is 8. The lowest BCUT2D eigenvalue weighted by Crippen LogP contribution is -2.34. The molecule has 0 bridgehead atoms. The molecule has 0 saturated carbocycles. The first-order chi connectivity index (χ1) is 17.4. The molecule has 0 N–H and O–H groups in total. The molecule has 0 aliphatic carbocycles. The Bertz CT molecular complexity index is 1330. The highest BCUT2D eigenvalue weighted by Crippen LogP contribution is 2.33. The Morgan fingerprint density at radius 1 is 1.16 bits per heavy atom. The molecular formula is C26H34N8O3. The van der Waals surface area contributed by atoms with Crippen molar-refractivity contribution >= 4 is 23.6 Å². The fourth-order valence-corrected chi connectivity index (χ4v) is 4.03. The molecule has 2 amide bonds. The van der Waals surface area contributed by atoms with E-state index in [9.17, 15) is 9.59 Å². The van der Waals surface area contributed by atoms with Crippen molar-refractivity contribution in [2.24, 2.45) is 0 Å². The molecule has 37 heavy (non-hydrogen) atoms. The van der Waals surface area contributed by atoms with Gasteiger partial charge in [0.05, 0.1) is 24.3 Å². The highest BCUT2D eigenvalue weighted by atomic mass is 16.6. The average molecular weight is 507 g/mol. The van der Waals surface area contributed by atoms with Crippen LogP contribution in [-0.2, 0) is 17.8 Å². The van der Waals surface area contributed by atoms with Crippen molar-refractivity contribution in [1.29, 1.82) is 0 Å². The summed E-state index contributed by atoms with van der Waals surface area (Å²) < 4.78 is 7.44. The number of carbonyl (C=O) groups excluding carboxylic acids is 2. The van der Waals surface area contributed by atoms with Crippen LogP contribution in [0.2, 0.25) is 0 Å². The van der Waals surface area contributed by atoms with Gasteiger partial charge in [-0.15, -0.1) is 10.2 Å². The van der Waals surface area contributed by atoms with Crippen molar-refractivity contribution in [3.63, 3.8) is 0 Å². The number of anilines is 2. The van der Waals surface area contributed by atoms with Gasteiger partial charge in [0.25, 0.3) is 5.91 Å². The highest BCUT2D eigenvalue weighted by molar-refractivity contribution is 6.10. The summed E-state index contributed by atoms with van der Waals surface area (Å²) in [5.41, 5.74) is 1.97. The maximum atomic E-state index is 13.6. The summed E-state index contributed by atoms with van der Waals surface area (Å²) in [6, 6.07) is 7.46. The summed E-state index contributed by atoms with van der Waals surface area (Å²) in [7, 11) is 5.39. The van der Waals surface area contributed by atoms with E-state index in [1.165, 1.54) is 4.90 Å². The van der Waals surface area contributed by atoms with Crippen molar-refractivity contribution in [2.75, 3.05) is 30.9 Å². The van der Waals surface area contributed by atoms with Crippen molar-refractivity contribution in [3.05, 3.63) is 47.4 Å². The van der Waals surface area contributed by atoms with E-state index < -0.39 is 11.7 Å². The molecule has 0 aromatic carbocycles. The highest BCUT2D eigenvalue weighted by Gasteiger charge is 2.34. The fourth-order valence-electron chi connectivity index (χ4n) is 4.03. The van der Waals surface area contributed by atoms with Crippen LogP contribution in [0, 0.1) is 0 Å². The largest absolute Gasteiger partial charge is 0.444 e. The maximum Gasteiger partial charge on any atom is 0.410 e. The van der Waals surface area contributed by atoms with Crippen LogP contribution in [0.25, 0.3) is 11.5 Å². The van der Waals surface area contributed by atoms with E-state index in [1.807, 2.05) is 70.3 Å². The molecule has 11 heteroatoms. The van der Waals surface area contributed by atoms with Crippen molar-refractivity contribution in [1.82, 2.24) is 29.6 Å². The number of hydrogen-bond donors (Lipinski definition) is 0. The van der Waals surface area contributed by atoms with E-state index in [0.29, 0.717) is 41.0 Å². The minimum absolute atomic E-state index is 0.160. The minimum Gasteiger partial charge on any atom is -0.444 e. The number of nitrogens with zero attached hydrogens (tertiary/aromatic N) is 8. The van der Waals surface area contributed by atoms with Crippen LogP contribution in [0.1, 0.15) is 62.3 Å². The van der Waals surface area contributed by atoms with Gasteiger partial charge < -0.3 is 19.1 Å².